The van der Waals surface area contributed by atoms with Crippen molar-refractivity contribution >= 4 is 5.96 Å². The highest BCUT2D eigenvalue weighted by molar-refractivity contribution is 5.79. The SMILES string of the molecule is CCNC(=NCc1ccc(OC)cc1OC1CCCC1)NCCCN1CCOCC1. The fourth-order valence-corrected chi connectivity index (χ4v) is 3.93. The number of rotatable bonds is 10. The van der Waals surface area contributed by atoms with Gasteiger partial charge in [-0.05, 0) is 57.7 Å². The maximum absolute atomic E-state index is 6.30. The molecule has 3 rings (SSSR count). The van der Waals surface area contributed by atoms with Gasteiger partial charge in [0.05, 0.1) is 33.0 Å². The number of nitrogens with zero attached hydrogens (tertiary/aromatic N) is 2. The number of morpholine rings is 1. The Balaban J connectivity index is 1.54. The Morgan fingerprint density at radius 1 is 1.20 bits per heavy atom. The van der Waals surface area contributed by atoms with Crippen LogP contribution in [0, 0.1) is 0 Å². The maximum atomic E-state index is 6.30. The summed E-state index contributed by atoms with van der Waals surface area (Å²) in [5, 5.41) is 6.81. The van der Waals surface area contributed by atoms with E-state index in [-0.39, 0.29) is 0 Å². The number of aliphatic imine (C=N–C) groups is 1. The number of hydrogen-bond acceptors (Lipinski definition) is 5. The second-order valence-corrected chi connectivity index (χ2v) is 7.93. The normalized spacial score (nSPS) is 18.4. The smallest absolute Gasteiger partial charge is 0.191 e. The highest BCUT2D eigenvalue weighted by atomic mass is 16.5. The van der Waals surface area contributed by atoms with E-state index in [2.05, 4.69) is 28.5 Å². The van der Waals surface area contributed by atoms with Gasteiger partial charge in [-0.3, -0.25) is 4.90 Å². The molecule has 1 saturated heterocycles. The monoisotopic (exact) mass is 418 g/mol. The second-order valence-electron chi connectivity index (χ2n) is 7.93. The molecule has 0 atom stereocenters. The van der Waals surface area contributed by atoms with Crippen LogP contribution in [0.2, 0.25) is 0 Å². The summed E-state index contributed by atoms with van der Waals surface area (Å²) in [6.45, 7) is 9.27. The summed E-state index contributed by atoms with van der Waals surface area (Å²) in [5.74, 6) is 2.57. The fourth-order valence-electron chi connectivity index (χ4n) is 3.93. The molecular weight excluding hydrogens is 380 g/mol. The van der Waals surface area contributed by atoms with Crippen molar-refractivity contribution in [1.29, 1.82) is 0 Å². The van der Waals surface area contributed by atoms with Crippen LogP contribution in [0.5, 0.6) is 11.5 Å². The number of hydrogen-bond donors (Lipinski definition) is 2. The van der Waals surface area contributed by atoms with Crippen LogP contribution in [0.1, 0.15) is 44.6 Å². The molecule has 7 heteroatoms. The molecule has 2 aliphatic rings. The first-order chi connectivity index (χ1) is 14.8. The average molecular weight is 419 g/mol. The number of benzene rings is 1. The lowest BCUT2D eigenvalue weighted by Crippen LogP contribution is -2.40. The van der Waals surface area contributed by atoms with E-state index in [1.54, 1.807) is 7.11 Å². The first kappa shape index (κ1) is 22.7. The van der Waals surface area contributed by atoms with Crippen molar-refractivity contribution in [2.24, 2.45) is 4.99 Å². The molecule has 1 aliphatic carbocycles. The van der Waals surface area contributed by atoms with E-state index >= 15 is 0 Å². The lowest BCUT2D eigenvalue weighted by Gasteiger charge is -2.26. The van der Waals surface area contributed by atoms with Gasteiger partial charge in [-0.2, -0.15) is 0 Å². The van der Waals surface area contributed by atoms with Gasteiger partial charge < -0.3 is 24.8 Å². The Bertz CT molecular complexity index is 656. The molecular formula is C23H38N4O3. The van der Waals surface area contributed by atoms with E-state index in [1.165, 1.54) is 12.8 Å². The third kappa shape index (κ3) is 7.36. The van der Waals surface area contributed by atoms with Gasteiger partial charge in [0.15, 0.2) is 5.96 Å². The third-order valence-corrected chi connectivity index (χ3v) is 5.67. The molecule has 0 unspecified atom stereocenters. The molecule has 168 valence electrons. The molecule has 1 aromatic carbocycles. The molecule has 0 aromatic heterocycles. The second kappa shape index (κ2) is 12.6. The molecule has 0 bridgehead atoms. The minimum Gasteiger partial charge on any atom is -0.497 e. The zero-order chi connectivity index (χ0) is 21.0. The number of guanidine groups is 1. The van der Waals surface area contributed by atoms with Gasteiger partial charge in [0, 0.05) is 37.8 Å². The fraction of sp³-hybridized carbons (Fsp3) is 0.696. The van der Waals surface area contributed by atoms with Gasteiger partial charge in [-0.25, -0.2) is 4.99 Å². The van der Waals surface area contributed by atoms with Crippen LogP contribution in [-0.2, 0) is 11.3 Å². The van der Waals surface area contributed by atoms with Crippen molar-refractivity contribution in [3.63, 3.8) is 0 Å². The number of nitrogens with one attached hydrogen (secondary N) is 2. The minimum absolute atomic E-state index is 0.311. The predicted molar refractivity (Wildman–Crippen MR) is 121 cm³/mol. The van der Waals surface area contributed by atoms with E-state index in [0.717, 1.165) is 88.2 Å². The highest BCUT2D eigenvalue weighted by Crippen LogP contribution is 2.30. The summed E-state index contributed by atoms with van der Waals surface area (Å²) in [4.78, 5) is 7.26. The van der Waals surface area contributed by atoms with Crippen LogP contribution in [0.4, 0.5) is 0 Å². The summed E-state index contributed by atoms with van der Waals surface area (Å²) in [6.07, 6.45) is 6.16. The van der Waals surface area contributed by atoms with Crippen LogP contribution in [0.15, 0.2) is 23.2 Å². The maximum Gasteiger partial charge on any atom is 0.191 e. The molecule has 1 aromatic rings. The van der Waals surface area contributed by atoms with Crippen LogP contribution in [0.25, 0.3) is 0 Å². The zero-order valence-electron chi connectivity index (χ0n) is 18.6. The van der Waals surface area contributed by atoms with Gasteiger partial charge in [0.25, 0.3) is 0 Å². The molecule has 30 heavy (non-hydrogen) atoms. The Morgan fingerprint density at radius 3 is 2.73 bits per heavy atom. The largest absolute Gasteiger partial charge is 0.497 e. The van der Waals surface area contributed by atoms with Crippen molar-refractivity contribution in [1.82, 2.24) is 15.5 Å². The van der Waals surface area contributed by atoms with Crippen molar-refractivity contribution in [3.8, 4) is 11.5 Å². The zero-order valence-corrected chi connectivity index (χ0v) is 18.6. The standard InChI is InChI=1S/C23H38N4O3/c1-3-24-23(25-11-6-12-27-13-15-29-16-14-27)26-18-19-9-10-21(28-2)17-22(19)30-20-7-4-5-8-20/h9-10,17,20H,3-8,11-16,18H2,1-2H3,(H2,24,25,26). The third-order valence-electron chi connectivity index (χ3n) is 5.67. The van der Waals surface area contributed by atoms with Crippen molar-refractivity contribution in [2.75, 3.05) is 53.0 Å². The lowest BCUT2D eigenvalue weighted by molar-refractivity contribution is 0.0376. The summed E-state index contributed by atoms with van der Waals surface area (Å²) in [5.41, 5.74) is 1.09. The molecule has 2 fully saturated rings. The molecule has 1 aliphatic heterocycles. The van der Waals surface area contributed by atoms with E-state index in [4.69, 9.17) is 19.2 Å². The Hall–Kier alpha value is -1.99. The molecule has 2 N–H and O–H groups in total. The highest BCUT2D eigenvalue weighted by Gasteiger charge is 2.18. The summed E-state index contributed by atoms with van der Waals surface area (Å²) in [7, 11) is 1.69. The van der Waals surface area contributed by atoms with Gasteiger partial charge in [0.1, 0.15) is 11.5 Å². The topological polar surface area (TPSA) is 67.4 Å². The molecule has 0 spiro atoms. The van der Waals surface area contributed by atoms with Gasteiger partial charge in [0.2, 0.25) is 0 Å². The van der Waals surface area contributed by atoms with E-state index in [1.807, 2.05) is 12.1 Å². The lowest BCUT2D eigenvalue weighted by atomic mass is 10.2. The summed E-state index contributed by atoms with van der Waals surface area (Å²) in [6, 6.07) is 6.04. The Morgan fingerprint density at radius 2 is 2.00 bits per heavy atom. The first-order valence-electron chi connectivity index (χ1n) is 11.4. The van der Waals surface area contributed by atoms with E-state index < -0.39 is 0 Å². The summed E-state index contributed by atoms with van der Waals surface area (Å²) < 4.78 is 17.1. The number of methoxy groups -OCH3 is 1. The van der Waals surface area contributed by atoms with E-state index in [9.17, 15) is 0 Å². The first-order valence-corrected chi connectivity index (χ1v) is 11.4. The Labute approximate surface area is 181 Å². The molecule has 7 nitrogen and oxygen atoms in total. The molecule has 0 radical (unpaired) electrons. The number of ether oxygens (including phenoxy) is 3. The van der Waals surface area contributed by atoms with Gasteiger partial charge in [-0.15, -0.1) is 0 Å². The average Bonchev–Trinajstić information content (AvgIpc) is 3.29. The molecule has 1 saturated carbocycles. The Kier molecular flexibility index (Phi) is 9.57. The quantitative estimate of drug-likeness (QED) is 0.346. The molecule has 1 heterocycles. The minimum atomic E-state index is 0.311. The van der Waals surface area contributed by atoms with Crippen molar-refractivity contribution < 1.29 is 14.2 Å². The van der Waals surface area contributed by atoms with Crippen molar-refractivity contribution in [2.45, 2.75) is 51.7 Å². The van der Waals surface area contributed by atoms with Gasteiger partial charge in [-0.1, -0.05) is 0 Å². The van der Waals surface area contributed by atoms with Crippen LogP contribution < -0.4 is 20.1 Å². The van der Waals surface area contributed by atoms with Crippen LogP contribution >= 0.6 is 0 Å². The predicted octanol–water partition coefficient (Wildman–Crippen LogP) is 2.79. The van der Waals surface area contributed by atoms with Crippen molar-refractivity contribution in [3.05, 3.63) is 23.8 Å². The van der Waals surface area contributed by atoms with E-state index in [0.29, 0.717) is 12.6 Å². The summed E-state index contributed by atoms with van der Waals surface area (Å²) >= 11 is 0. The van der Waals surface area contributed by atoms with Crippen LogP contribution in [-0.4, -0.2) is 70.0 Å². The van der Waals surface area contributed by atoms with Gasteiger partial charge >= 0.3 is 0 Å². The molecule has 0 amide bonds. The van der Waals surface area contributed by atoms with Crippen LogP contribution in [0.3, 0.4) is 0 Å².